The summed E-state index contributed by atoms with van der Waals surface area (Å²) in [5.74, 6) is -1.72. The first-order valence-electron chi connectivity index (χ1n) is 12.6. The Kier molecular flexibility index (Phi) is 9.29. The molecule has 4 rings (SSSR count). The molecule has 43 heavy (non-hydrogen) atoms. The molecule has 3 N–H and O–H groups in total. The summed E-state index contributed by atoms with van der Waals surface area (Å²) in [6, 6.07) is 16.0. The quantitative estimate of drug-likeness (QED) is 0.165. The number of hydrogen-bond donors (Lipinski definition) is 3. The number of carboxylic acids is 1. The van der Waals surface area contributed by atoms with Crippen LogP contribution in [0.4, 0.5) is 32.0 Å². The zero-order valence-electron chi connectivity index (χ0n) is 22.0. The average Bonchev–Trinajstić information content (AvgIpc) is 2.95. The molecule has 0 aliphatic carbocycles. The largest absolute Gasteiger partial charge is 0.481 e. The summed E-state index contributed by atoms with van der Waals surface area (Å²) in [6.07, 6.45) is -8.26. The minimum Gasteiger partial charge on any atom is -0.481 e. The van der Waals surface area contributed by atoms with E-state index in [-0.39, 0.29) is 36.3 Å². The van der Waals surface area contributed by atoms with Crippen LogP contribution in [0.15, 0.2) is 79.0 Å². The maximum absolute atomic E-state index is 13.5. The van der Waals surface area contributed by atoms with Crippen molar-refractivity contribution in [2.24, 2.45) is 0 Å². The summed E-state index contributed by atoms with van der Waals surface area (Å²) in [5.41, 5.74) is 0.285. The van der Waals surface area contributed by atoms with E-state index in [2.05, 4.69) is 15.6 Å². The zero-order chi connectivity index (χ0) is 31.4. The molecule has 0 radical (unpaired) electrons. The van der Waals surface area contributed by atoms with Crippen molar-refractivity contribution in [3.63, 3.8) is 0 Å². The number of aliphatic carboxylic acids is 1. The lowest BCUT2D eigenvalue weighted by Crippen LogP contribution is -2.26. The summed E-state index contributed by atoms with van der Waals surface area (Å²) < 4.78 is 80.3. The summed E-state index contributed by atoms with van der Waals surface area (Å²) in [7, 11) is 0. The van der Waals surface area contributed by atoms with E-state index in [1.807, 2.05) is 0 Å². The van der Waals surface area contributed by atoms with Crippen LogP contribution in [-0.4, -0.2) is 28.5 Å². The van der Waals surface area contributed by atoms with E-state index in [0.717, 1.165) is 18.2 Å². The summed E-state index contributed by atoms with van der Waals surface area (Å²) >= 11 is 6.03. The molecule has 6 nitrogen and oxygen atoms in total. The van der Waals surface area contributed by atoms with Gasteiger partial charge in [0.2, 0.25) is 0 Å². The Hall–Kier alpha value is -4.58. The van der Waals surface area contributed by atoms with Gasteiger partial charge in [-0.25, -0.2) is 0 Å². The number of halogens is 7. The molecule has 13 heteroatoms. The van der Waals surface area contributed by atoms with Crippen molar-refractivity contribution in [3.05, 3.63) is 106 Å². The van der Waals surface area contributed by atoms with Gasteiger partial charge in [-0.05, 0) is 53.1 Å². The summed E-state index contributed by atoms with van der Waals surface area (Å²) in [6.45, 7) is -0.0381. The van der Waals surface area contributed by atoms with E-state index in [1.165, 1.54) is 36.5 Å². The first kappa shape index (κ1) is 31.4. The maximum Gasteiger partial charge on any atom is 0.417 e. The minimum atomic E-state index is -4.61. The van der Waals surface area contributed by atoms with E-state index in [9.17, 15) is 35.9 Å². The highest BCUT2D eigenvalue weighted by atomic mass is 35.5. The molecule has 224 valence electrons. The smallest absolute Gasteiger partial charge is 0.417 e. The predicted octanol–water partition coefficient (Wildman–Crippen LogP) is 7.92. The number of carbonyl (C=O) groups is 2. The first-order chi connectivity index (χ1) is 20.2. The Morgan fingerprint density at radius 3 is 2.14 bits per heavy atom. The van der Waals surface area contributed by atoms with Gasteiger partial charge in [0.15, 0.2) is 0 Å². The van der Waals surface area contributed by atoms with Gasteiger partial charge in [0.1, 0.15) is 5.69 Å². The van der Waals surface area contributed by atoms with Crippen LogP contribution >= 0.6 is 11.6 Å². The van der Waals surface area contributed by atoms with Crippen LogP contribution in [0, 0.1) is 0 Å². The third kappa shape index (κ3) is 7.83. The normalized spacial score (nSPS) is 11.7. The molecule has 0 fully saturated rings. The molecule has 1 aromatic heterocycles. The van der Waals surface area contributed by atoms with Crippen LogP contribution < -0.4 is 10.6 Å². The Balaban J connectivity index is 1.55. The number of alkyl halides is 6. The van der Waals surface area contributed by atoms with Crippen molar-refractivity contribution in [2.45, 2.75) is 25.3 Å². The average molecular weight is 622 g/mol. The minimum absolute atomic E-state index is 0.0400. The summed E-state index contributed by atoms with van der Waals surface area (Å²) in [5, 5.41) is 13.8. The molecule has 0 atom stereocenters. The van der Waals surface area contributed by atoms with Crippen molar-refractivity contribution in [2.75, 3.05) is 11.9 Å². The Labute approximate surface area is 246 Å². The van der Waals surface area contributed by atoms with Crippen LogP contribution in [-0.2, 0) is 23.7 Å². The van der Waals surface area contributed by atoms with Crippen LogP contribution in [0.2, 0.25) is 5.02 Å². The summed E-state index contributed by atoms with van der Waals surface area (Å²) in [4.78, 5) is 26.9. The number of pyridine rings is 1. The fraction of sp³-hybridized carbons (Fsp3) is 0.167. The number of nitrogens with one attached hydrogen (secondary N) is 2. The molecule has 0 bridgehead atoms. The number of carboxylic acid groups (broad SMARTS) is 1. The molecule has 0 unspecified atom stereocenters. The third-order valence-electron chi connectivity index (χ3n) is 6.35. The van der Waals surface area contributed by atoms with E-state index in [0.29, 0.717) is 22.4 Å². The number of hydrogen-bond acceptors (Lipinski definition) is 4. The van der Waals surface area contributed by atoms with Gasteiger partial charge in [-0.1, -0.05) is 48.0 Å². The third-order valence-corrected chi connectivity index (χ3v) is 6.76. The van der Waals surface area contributed by atoms with Crippen LogP contribution in [0.25, 0.3) is 22.3 Å². The molecule has 0 aliphatic rings. The topological polar surface area (TPSA) is 91.3 Å². The SMILES string of the molecule is O=C(O)CCNC(=O)c1ccc(-c2cc(C(F)(F)F)ccc2CNc2ccc(-c3cccc(C(F)(F)F)c3Cl)cc2)cn1. The van der Waals surface area contributed by atoms with Gasteiger partial charge in [0, 0.05) is 36.1 Å². The van der Waals surface area contributed by atoms with Gasteiger partial charge >= 0.3 is 18.3 Å². The molecule has 0 saturated carbocycles. The molecular weight excluding hydrogens is 600 g/mol. The second-order valence-corrected chi connectivity index (χ2v) is 9.68. The van der Waals surface area contributed by atoms with E-state index in [1.54, 1.807) is 24.3 Å². The fourth-order valence-electron chi connectivity index (χ4n) is 4.18. The molecule has 0 aliphatic heterocycles. The Bertz CT molecular complexity index is 1620. The fourth-order valence-corrected chi connectivity index (χ4v) is 4.52. The monoisotopic (exact) mass is 621 g/mol. The van der Waals surface area contributed by atoms with Crippen LogP contribution in [0.1, 0.15) is 33.6 Å². The Morgan fingerprint density at radius 1 is 0.837 bits per heavy atom. The highest BCUT2D eigenvalue weighted by Crippen LogP contribution is 2.40. The molecular formula is C30H22ClF6N3O3. The van der Waals surface area contributed by atoms with Crippen LogP contribution in [0.5, 0.6) is 0 Å². The highest BCUT2D eigenvalue weighted by Gasteiger charge is 2.34. The number of benzene rings is 3. The van der Waals surface area contributed by atoms with Crippen LogP contribution in [0.3, 0.4) is 0 Å². The standard InChI is InChI=1S/C30H22ClF6N3O3/c31-27-22(2-1-3-24(27)30(35,36)37)17-5-9-21(10-6-17)39-15-18-4-8-20(29(32,33)34)14-23(18)19-7-11-25(40-16-19)28(43)38-13-12-26(41)42/h1-11,14,16,39H,12-13,15H2,(H,38,43)(H,41,42). The molecule has 0 saturated heterocycles. The number of nitrogens with zero attached hydrogens (tertiary/aromatic N) is 1. The predicted molar refractivity (Wildman–Crippen MR) is 148 cm³/mol. The number of carbonyl (C=O) groups excluding carboxylic acids is 1. The van der Waals surface area contributed by atoms with Crippen molar-refractivity contribution in [1.29, 1.82) is 0 Å². The van der Waals surface area contributed by atoms with Gasteiger partial charge in [-0.3, -0.25) is 14.6 Å². The van der Waals surface area contributed by atoms with Crippen molar-refractivity contribution < 1.29 is 41.0 Å². The lowest BCUT2D eigenvalue weighted by molar-refractivity contribution is -0.138. The van der Waals surface area contributed by atoms with Crippen molar-refractivity contribution in [1.82, 2.24) is 10.3 Å². The second kappa shape index (κ2) is 12.7. The number of rotatable bonds is 9. The van der Waals surface area contributed by atoms with Gasteiger partial charge in [0.05, 0.1) is 22.6 Å². The molecule has 0 spiro atoms. The molecule has 1 amide bonds. The van der Waals surface area contributed by atoms with Gasteiger partial charge in [-0.15, -0.1) is 0 Å². The first-order valence-corrected chi connectivity index (χ1v) is 13.0. The van der Waals surface area contributed by atoms with Crippen molar-refractivity contribution in [3.8, 4) is 22.3 Å². The lowest BCUT2D eigenvalue weighted by atomic mass is 9.97. The van der Waals surface area contributed by atoms with Gasteiger partial charge < -0.3 is 15.7 Å². The van der Waals surface area contributed by atoms with E-state index in [4.69, 9.17) is 16.7 Å². The van der Waals surface area contributed by atoms with E-state index >= 15 is 0 Å². The highest BCUT2D eigenvalue weighted by molar-refractivity contribution is 6.34. The number of aromatic nitrogens is 1. The lowest BCUT2D eigenvalue weighted by Gasteiger charge is -2.16. The molecule has 3 aromatic carbocycles. The molecule has 1 heterocycles. The second-order valence-electron chi connectivity index (χ2n) is 9.30. The Morgan fingerprint density at radius 2 is 1.53 bits per heavy atom. The van der Waals surface area contributed by atoms with Gasteiger partial charge in [-0.2, -0.15) is 26.3 Å². The van der Waals surface area contributed by atoms with Crippen molar-refractivity contribution >= 4 is 29.2 Å². The van der Waals surface area contributed by atoms with Gasteiger partial charge in [0.25, 0.3) is 5.91 Å². The molecule has 4 aromatic rings. The number of amides is 1. The van der Waals surface area contributed by atoms with E-state index < -0.39 is 40.4 Å². The number of anilines is 1. The zero-order valence-corrected chi connectivity index (χ0v) is 22.7. The maximum atomic E-state index is 13.5.